The van der Waals surface area contributed by atoms with E-state index in [-0.39, 0.29) is 5.82 Å². The largest absolute Gasteiger partial charge is 0.456 e. The van der Waals surface area contributed by atoms with Crippen molar-refractivity contribution >= 4 is 22.6 Å². The smallest absolute Gasteiger partial charge is 0.140 e. The van der Waals surface area contributed by atoms with Crippen LogP contribution in [-0.2, 0) is 6.54 Å². The first-order valence-electron chi connectivity index (χ1n) is 6.63. The number of halogens is 2. The van der Waals surface area contributed by atoms with E-state index >= 15 is 0 Å². The molecule has 2 nitrogen and oxygen atoms in total. The molecule has 0 atom stereocenters. The van der Waals surface area contributed by atoms with Gasteiger partial charge in [-0.15, -0.1) is 0 Å². The molecule has 2 aromatic carbocycles. The van der Waals surface area contributed by atoms with Gasteiger partial charge < -0.3 is 10.1 Å². The first kappa shape index (κ1) is 15.3. The third-order valence-corrected chi connectivity index (χ3v) is 3.75. The predicted molar refractivity (Wildman–Crippen MR) is 87.6 cm³/mol. The van der Waals surface area contributed by atoms with Crippen molar-refractivity contribution in [3.8, 4) is 11.5 Å². The zero-order valence-corrected chi connectivity index (χ0v) is 13.5. The molecular formula is C16H17FINO. The van der Waals surface area contributed by atoms with Gasteiger partial charge in [0.2, 0.25) is 0 Å². The molecule has 0 fully saturated rings. The van der Waals surface area contributed by atoms with Gasteiger partial charge in [0, 0.05) is 12.1 Å². The van der Waals surface area contributed by atoms with Crippen LogP contribution in [0.5, 0.6) is 11.5 Å². The highest BCUT2D eigenvalue weighted by Gasteiger charge is 2.11. The summed E-state index contributed by atoms with van der Waals surface area (Å²) in [5.74, 6) is 1.07. The van der Waals surface area contributed by atoms with E-state index in [9.17, 15) is 4.39 Å². The third-order valence-electron chi connectivity index (χ3n) is 2.86. The summed E-state index contributed by atoms with van der Waals surface area (Å²) in [6.45, 7) is 3.41. The zero-order valence-electron chi connectivity index (χ0n) is 11.3. The second kappa shape index (κ2) is 7.59. The minimum absolute atomic E-state index is 0.239. The average Bonchev–Trinajstić information content (AvgIpc) is 2.44. The molecule has 106 valence electrons. The molecule has 0 heterocycles. The summed E-state index contributed by atoms with van der Waals surface area (Å²) in [5, 5.41) is 3.21. The highest BCUT2D eigenvalue weighted by Crippen LogP contribution is 2.30. The van der Waals surface area contributed by atoms with Crippen LogP contribution < -0.4 is 10.1 Å². The third kappa shape index (κ3) is 3.93. The molecular weight excluding hydrogens is 368 g/mol. The molecule has 0 unspecified atom stereocenters. The van der Waals surface area contributed by atoms with Gasteiger partial charge in [-0.25, -0.2) is 4.39 Å². The van der Waals surface area contributed by atoms with Gasteiger partial charge in [-0.3, -0.25) is 0 Å². The van der Waals surface area contributed by atoms with Gasteiger partial charge in [0.25, 0.3) is 0 Å². The number of para-hydroxylation sites is 1. The van der Waals surface area contributed by atoms with Gasteiger partial charge in [-0.2, -0.15) is 0 Å². The van der Waals surface area contributed by atoms with Crippen molar-refractivity contribution in [3.63, 3.8) is 0 Å². The standard InChI is InChI=1S/C16H17FINO/c1-2-10-19-11-12-13(17)6-5-9-15(12)20-16-8-4-3-7-14(16)18/h3-9,19H,2,10-11H2,1H3. The van der Waals surface area contributed by atoms with E-state index in [1.165, 1.54) is 6.07 Å². The topological polar surface area (TPSA) is 21.3 Å². The zero-order chi connectivity index (χ0) is 14.4. The Balaban J connectivity index is 2.23. The lowest BCUT2D eigenvalue weighted by molar-refractivity contribution is 0.459. The van der Waals surface area contributed by atoms with Crippen LogP contribution in [0.25, 0.3) is 0 Å². The van der Waals surface area contributed by atoms with E-state index in [1.54, 1.807) is 12.1 Å². The fraction of sp³-hybridized carbons (Fsp3) is 0.250. The van der Waals surface area contributed by atoms with Crippen LogP contribution >= 0.6 is 22.6 Å². The molecule has 0 aliphatic heterocycles. The summed E-state index contributed by atoms with van der Waals surface area (Å²) < 4.78 is 20.8. The Morgan fingerprint density at radius 3 is 2.60 bits per heavy atom. The van der Waals surface area contributed by atoms with E-state index in [0.717, 1.165) is 22.3 Å². The summed E-state index contributed by atoms with van der Waals surface area (Å²) in [6.07, 6.45) is 1.02. The lowest BCUT2D eigenvalue weighted by Gasteiger charge is -2.13. The molecule has 0 aliphatic carbocycles. The number of ether oxygens (including phenoxy) is 1. The molecule has 1 N–H and O–H groups in total. The van der Waals surface area contributed by atoms with Crippen LogP contribution in [0.2, 0.25) is 0 Å². The quantitative estimate of drug-likeness (QED) is 0.574. The normalized spacial score (nSPS) is 10.6. The summed E-state index contributed by atoms with van der Waals surface area (Å²) >= 11 is 2.21. The maximum absolute atomic E-state index is 14.0. The average molecular weight is 385 g/mol. The number of nitrogens with one attached hydrogen (secondary N) is 1. The van der Waals surface area contributed by atoms with E-state index in [0.29, 0.717) is 17.9 Å². The van der Waals surface area contributed by atoms with Crippen molar-refractivity contribution in [2.45, 2.75) is 19.9 Å². The monoisotopic (exact) mass is 385 g/mol. The van der Waals surface area contributed by atoms with Crippen LogP contribution in [0.3, 0.4) is 0 Å². The van der Waals surface area contributed by atoms with Gasteiger partial charge >= 0.3 is 0 Å². The summed E-state index contributed by atoms with van der Waals surface area (Å²) in [6, 6.07) is 12.6. The Morgan fingerprint density at radius 1 is 1.10 bits per heavy atom. The first-order chi connectivity index (χ1) is 9.72. The van der Waals surface area contributed by atoms with Crippen molar-refractivity contribution in [1.29, 1.82) is 0 Å². The minimum atomic E-state index is -0.239. The molecule has 0 saturated carbocycles. The van der Waals surface area contributed by atoms with Crippen LogP contribution in [0.1, 0.15) is 18.9 Å². The van der Waals surface area contributed by atoms with Crippen LogP contribution in [0, 0.1) is 9.39 Å². The molecule has 0 radical (unpaired) electrons. The lowest BCUT2D eigenvalue weighted by atomic mass is 10.2. The lowest BCUT2D eigenvalue weighted by Crippen LogP contribution is -2.15. The second-order valence-corrected chi connectivity index (χ2v) is 5.59. The number of benzene rings is 2. The molecule has 2 aromatic rings. The van der Waals surface area contributed by atoms with Crippen LogP contribution in [-0.4, -0.2) is 6.54 Å². The van der Waals surface area contributed by atoms with Crippen molar-refractivity contribution < 1.29 is 9.13 Å². The van der Waals surface area contributed by atoms with Crippen molar-refractivity contribution in [2.75, 3.05) is 6.54 Å². The Labute approximate surface area is 132 Å². The SMILES string of the molecule is CCCNCc1c(F)cccc1Oc1ccccc1I. The van der Waals surface area contributed by atoms with Gasteiger partial charge in [-0.1, -0.05) is 25.1 Å². The minimum Gasteiger partial charge on any atom is -0.456 e. The van der Waals surface area contributed by atoms with Gasteiger partial charge in [-0.05, 0) is 59.8 Å². The Morgan fingerprint density at radius 2 is 1.85 bits per heavy atom. The molecule has 0 saturated heterocycles. The van der Waals surface area contributed by atoms with E-state index in [1.807, 2.05) is 24.3 Å². The maximum atomic E-state index is 14.0. The van der Waals surface area contributed by atoms with E-state index < -0.39 is 0 Å². The molecule has 4 heteroatoms. The molecule has 0 aliphatic rings. The fourth-order valence-electron chi connectivity index (χ4n) is 1.84. The number of rotatable bonds is 6. The first-order valence-corrected chi connectivity index (χ1v) is 7.70. The second-order valence-electron chi connectivity index (χ2n) is 4.43. The molecule has 0 spiro atoms. The van der Waals surface area contributed by atoms with Crippen LogP contribution in [0.4, 0.5) is 4.39 Å². The van der Waals surface area contributed by atoms with Gasteiger partial charge in [0.15, 0.2) is 0 Å². The highest BCUT2D eigenvalue weighted by atomic mass is 127. The summed E-state index contributed by atoms with van der Waals surface area (Å²) in [4.78, 5) is 0. The van der Waals surface area contributed by atoms with E-state index in [2.05, 4.69) is 34.8 Å². The van der Waals surface area contributed by atoms with Gasteiger partial charge in [0.1, 0.15) is 17.3 Å². The molecule has 0 aromatic heterocycles. The predicted octanol–water partition coefficient (Wildman–Crippen LogP) is 4.72. The highest BCUT2D eigenvalue weighted by molar-refractivity contribution is 14.1. The molecule has 0 amide bonds. The fourth-order valence-corrected chi connectivity index (χ4v) is 2.34. The van der Waals surface area contributed by atoms with Crippen molar-refractivity contribution in [1.82, 2.24) is 5.32 Å². The summed E-state index contributed by atoms with van der Waals surface area (Å²) in [5.41, 5.74) is 0.570. The van der Waals surface area contributed by atoms with Crippen molar-refractivity contribution in [3.05, 3.63) is 57.4 Å². The molecule has 2 rings (SSSR count). The Hall–Kier alpha value is -1.14. The Bertz CT molecular complexity index is 574. The molecule has 20 heavy (non-hydrogen) atoms. The maximum Gasteiger partial charge on any atom is 0.140 e. The van der Waals surface area contributed by atoms with Gasteiger partial charge in [0.05, 0.1) is 3.57 Å². The number of hydrogen-bond acceptors (Lipinski definition) is 2. The van der Waals surface area contributed by atoms with Crippen LogP contribution in [0.15, 0.2) is 42.5 Å². The molecule has 0 bridgehead atoms. The van der Waals surface area contributed by atoms with E-state index in [4.69, 9.17) is 4.74 Å². The Kier molecular flexibility index (Phi) is 5.79. The van der Waals surface area contributed by atoms with Crippen molar-refractivity contribution in [2.24, 2.45) is 0 Å². The summed E-state index contributed by atoms with van der Waals surface area (Å²) in [7, 11) is 0. The number of hydrogen-bond donors (Lipinski definition) is 1.